The van der Waals surface area contributed by atoms with Crippen molar-refractivity contribution >= 4 is 40.6 Å². The van der Waals surface area contributed by atoms with Gasteiger partial charge in [-0.25, -0.2) is 4.79 Å². The van der Waals surface area contributed by atoms with Gasteiger partial charge in [0.15, 0.2) is 0 Å². The van der Waals surface area contributed by atoms with E-state index < -0.39 is 0 Å². The summed E-state index contributed by atoms with van der Waals surface area (Å²) in [5, 5.41) is 8.41. The summed E-state index contributed by atoms with van der Waals surface area (Å²) in [5.74, 6) is -0.111. The van der Waals surface area contributed by atoms with Crippen LogP contribution < -0.4 is 16.0 Å². The van der Waals surface area contributed by atoms with Crippen molar-refractivity contribution in [2.24, 2.45) is 0 Å². The van der Waals surface area contributed by atoms with Crippen molar-refractivity contribution in [3.8, 4) is 0 Å². The van der Waals surface area contributed by atoms with Gasteiger partial charge in [-0.15, -0.1) is 0 Å². The van der Waals surface area contributed by atoms with Crippen LogP contribution in [0.15, 0.2) is 78.9 Å². The quantitative estimate of drug-likeness (QED) is 0.589. The number of fused-ring (bicyclic) bond motifs is 1. The highest BCUT2D eigenvalue weighted by Gasteiger charge is 2.23. The van der Waals surface area contributed by atoms with Crippen molar-refractivity contribution in [2.45, 2.75) is 0 Å². The van der Waals surface area contributed by atoms with Crippen LogP contribution in [0.5, 0.6) is 0 Å². The lowest BCUT2D eigenvalue weighted by molar-refractivity contribution is -0.110. The fourth-order valence-corrected chi connectivity index (χ4v) is 2.93. The molecule has 3 N–H and O–H groups in total. The van der Waals surface area contributed by atoms with Gasteiger partial charge in [0, 0.05) is 28.2 Å². The minimum atomic E-state index is -0.309. The van der Waals surface area contributed by atoms with Crippen molar-refractivity contribution < 1.29 is 9.59 Å². The first-order valence-corrected chi connectivity index (χ1v) is 8.54. The van der Waals surface area contributed by atoms with E-state index in [9.17, 15) is 9.59 Å². The van der Waals surface area contributed by atoms with E-state index in [1.807, 2.05) is 72.8 Å². The van der Waals surface area contributed by atoms with Gasteiger partial charge in [-0.2, -0.15) is 0 Å². The molecule has 3 aromatic rings. The summed E-state index contributed by atoms with van der Waals surface area (Å²) in [5.41, 5.74) is 4.62. The number of anilines is 3. The molecular formula is C22H17N3O2. The molecule has 0 aliphatic carbocycles. The summed E-state index contributed by atoms with van der Waals surface area (Å²) in [4.78, 5) is 24.2. The number of amides is 3. The molecule has 0 aromatic heterocycles. The number of nitrogens with one attached hydrogen (secondary N) is 3. The van der Waals surface area contributed by atoms with E-state index in [-0.39, 0.29) is 11.9 Å². The highest BCUT2D eigenvalue weighted by atomic mass is 16.2. The van der Waals surface area contributed by atoms with Crippen molar-refractivity contribution in [1.29, 1.82) is 0 Å². The van der Waals surface area contributed by atoms with Gasteiger partial charge in [0.1, 0.15) is 0 Å². The third-order valence-electron chi connectivity index (χ3n) is 4.22. The Balaban J connectivity index is 1.47. The SMILES string of the molecule is O=C(Nc1ccccc1)Nc1ccc(/C=C2\C(=O)Nc3ccccc32)cc1. The molecule has 3 amide bonds. The summed E-state index contributed by atoms with van der Waals surface area (Å²) in [6, 6.07) is 23.9. The first-order valence-electron chi connectivity index (χ1n) is 8.54. The summed E-state index contributed by atoms with van der Waals surface area (Å²) >= 11 is 0. The van der Waals surface area contributed by atoms with Crippen LogP contribution in [-0.2, 0) is 4.79 Å². The Labute approximate surface area is 156 Å². The maximum atomic E-state index is 12.2. The molecule has 0 bridgehead atoms. The van der Waals surface area contributed by atoms with Gasteiger partial charge < -0.3 is 16.0 Å². The van der Waals surface area contributed by atoms with Gasteiger partial charge in [0.2, 0.25) is 0 Å². The van der Waals surface area contributed by atoms with Crippen LogP contribution in [0, 0.1) is 0 Å². The average molecular weight is 355 g/mol. The van der Waals surface area contributed by atoms with Crippen LogP contribution in [-0.4, -0.2) is 11.9 Å². The molecule has 1 aliphatic heterocycles. The molecular weight excluding hydrogens is 338 g/mol. The minimum Gasteiger partial charge on any atom is -0.321 e. The number of urea groups is 1. The molecule has 132 valence electrons. The second-order valence-corrected chi connectivity index (χ2v) is 6.12. The van der Waals surface area contributed by atoms with Crippen LogP contribution in [0.25, 0.3) is 11.6 Å². The number of hydrogen-bond acceptors (Lipinski definition) is 2. The molecule has 1 heterocycles. The van der Waals surface area contributed by atoms with Gasteiger partial charge in [0.05, 0.1) is 0 Å². The molecule has 4 rings (SSSR count). The van der Waals surface area contributed by atoms with Crippen LogP contribution in [0.4, 0.5) is 21.9 Å². The predicted octanol–water partition coefficient (Wildman–Crippen LogP) is 4.82. The highest BCUT2D eigenvalue weighted by Crippen LogP contribution is 2.32. The van der Waals surface area contributed by atoms with Crippen molar-refractivity contribution in [2.75, 3.05) is 16.0 Å². The Bertz CT molecular complexity index is 1020. The number of hydrogen-bond donors (Lipinski definition) is 3. The van der Waals surface area contributed by atoms with Gasteiger partial charge >= 0.3 is 6.03 Å². The molecule has 0 fully saturated rings. The molecule has 3 aromatic carbocycles. The van der Waals surface area contributed by atoms with Crippen molar-refractivity contribution in [3.05, 3.63) is 90.0 Å². The lowest BCUT2D eigenvalue weighted by atomic mass is 10.0. The van der Waals surface area contributed by atoms with E-state index in [2.05, 4.69) is 16.0 Å². The molecule has 0 unspecified atom stereocenters. The Morgan fingerprint density at radius 2 is 1.41 bits per heavy atom. The first-order chi connectivity index (χ1) is 13.2. The third kappa shape index (κ3) is 3.72. The zero-order valence-corrected chi connectivity index (χ0v) is 14.4. The van der Waals surface area contributed by atoms with Crippen molar-refractivity contribution in [1.82, 2.24) is 0 Å². The molecule has 0 radical (unpaired) electrons. The summed E-state index contributed by atoms with van der Waals surface area (Å²) < 4.78 is 0. The largest absolute Gasteiger partial charge is 0.323 e. The van der Waals surface area contributed by atoms with Gasteiger partial charge in [-0.3, -0.25) is 4.79 Å². The Morgan fingerprint density at radius 3 is 2.15 bits per heavy atom. The van der Waals surface area contributed by atoms with E-state index >= 15 is 0 Å². The molecule has 27 heavy (non-hydrogen) atoms. The maximum Gasteiger partial charge on any atom is 0.323 e. The van der Waals surface area contributed by atoms with Crippen LogP contribution >= 0.6 is 0 Å². The average Bonchev–Trinajstić information content (AvgIpc) is 2.99. The monoisotopic (exact) mass is 355 g/mol. The highest BCUT2D eigenvalue weighted by molar-refractivity contribution is 6.34. The number of rotatable bonds is 3. The molecule has 0 spiro atoms. The van der Waals surface area contributed by atoms with E-state index in [1.165, 1.54) is 0 Å². The van der Waals surface area contributed by atoms with E-state index in [1.54, 1.807) is 12.1 Å². The third-order valence-corrected chi connectivity index (χ3v) is 4.22. The summed E-state index contributed by atoms with van der Waals surface area (Å²) in [6.45, 7) is 0. The number of carbonyl (C=O) groups excluding carboxylic acids is 2. The second kappa shape index (κ2) is 7.17. The van der Waals surface area contributed by atoms with Gasteiger partial charge in [0.25, 0.3) is 5.91 Å². The lowest BCUT2D eigenvalue weighted by Gasteiger charge is -2.08. The first kappa shape index (κ1) is 16.6. The van der Waals surface area contributed by atoms with E-state index in [0.717, 1.165) is 22.5 Å². The number of para-hydroxylation sites is 2. The summed E-state index contributed by atoms with van der Waals surface area (Å²) in [6.07, 6.45) is 1.84. The lowest BCUT2D eigenvalue weighted by Crippen LogP contribution is -2.19. The van der Waals surface area contributed by atoms with Crippen molar-refractivity contribution in [3.63, 3.8) is 0 Å². The Kier molecular flexibility index (Phi) is 4.41. The minimum absolute atomic E-state index is 0.111. The Morgan fingerprint density at radius 1 is 0.778 bits per heavy atom. The molecule has 1 aliphatic rings. The Hall–Kier alpha value is -3.86. The number of carbonyl (C=O) groups is 2. The molecule has 0 saturated heterocycles. The van der Waals surface area contributed by atoms with Gasteiger partial charge in [-0.05, 0) is 42.0 Å². The fourth-order valence-electron chi connectivity index (χ4n) is 2.93. The number of benzene rings is 3. The smallest absolute Gasteiger partial charge is 0.321 e. The summed E-state index contributed by atoms with van der Waals surface area (Å²) in [7, 11) is 0. The van der Waals surface area contributed by atoms with Crippen LogP contribution in [0.2, 0.25) is 0 Å². The standard InChI is InChI=1S/C22H17N3O2/c26-21-19(18-8-4-5-9-20(18)25-21)14-15-10-12-17(13-11-15)24-22(27)23-16-6-2-1-3-7-16/h1-14H,(H,25,26)(H2,23,24,27)/b19-14-. The van der Waals surface area contributed by atoms with E-state index in [0.29, 0.717) is 11.3 Å². The van der Waals surface area contributed by atoms with Gasteiger partial charge in [-0.1, -0.05) is 48.5 Å². The fraction of sp³-hybridized carbons (Fsp3) is 0. The molecule has 5 heteroatoms. The normalized spacial score (nSPS) is 13.8. The van der Waals surface area contributed by atoms with Crippen LogP contribution in [0.1, 0.15) is 11.1 Å². The second-order valence-electron chi connectivity index (χ2n) is 6.12. The predicted molar refractivity (Wildman–Crippen MR) is 108 cm³/mol. The molecule has 0 atom stereocenters. The molecule has 0 saturated carbocycles. The van der Waals surface area contributed by atoms with Crippen LogP contribution in [0.3, 0.4) is 0 Å². The van der Waals surface area contributed by atoms with E-state index in [4.69, 9.17) is 0 Å². The zero-order chi connectivity index (χ0) is 18.6. The topological polar surface area (TPSA) is 70.2 Å². The zero-order valence-electron chi connectivity index (χ0n) is 14.4. The maximum absolute atomic E-state index is 12.2. The molecule has 5 nitrogen and oxygen atoms in total.